The van der Waals surface area contributed by atoms with Crippen molar-refractivity contribution >= 4 is 23.7 Å². The molecule has 0 amide bonds. The summed E-state index contributed by atoms with van der Waals surface area (Å²) in [6.45, 7) is 6.03. The zero-order chi connectivity index (χ0) is 17.3. The van der Waals surface area contributed by atoms with Crippen molar-refractivity contribution < 1.29 is 9.53 Å². The van der Waals surface area contributed by atoms with E-state index in [0.717, 1.165) is 16.8 Å². The first-order chi connectivity index (χ1) is 11.6. The van der Waals surface area contributed by atoms with Crippen molar-refractivity contribution in [1.29, 1.82) is 0 Å². The number of esters is 1. The van der Waals surface area contributed by atoms with Gasteiger partial charge in [0.15, 0.2) is 0 Å². The van der Waals surface area contributed by atoms with E-state index < -0.39 is 0 Å². The molecule has 0 saturated carbocycles. The number of hydrogen-bond acceptors (Lipinski definition) is 6. The van der Waals surface area contributed by atoms with Gasteiger partial charge in [0, 0.05) is 5.70 Å². The number of aryl methyl sites for hydroxylation is 1. The van der Waals surface area contributed by atoms with E-state index in [2.05, 4.69) is 15.4 Å². The fourth-order valence-corrected chi connectivity index (χ4v) is 3.22. The van der Waals surface area contributed by atoms with E-state index in [0.29, 0.717) is 23.3 Å². The maximum Gasteiger partial charge on any atom is 0.338 e. The smallest absolute Gasteiger partial charge is 0.338 e. The van der Waals surface area contributed by atoms with Crippen molar-refractivity contribution in [3.05, 3.63) is 46.7 Å². The number of thioether (sulfide) groups is 1. The lowest BCUT2D eigenvalue weighted by atomic mass is 9.93. The van der Waals surface area contributed by atoms with E-state index in [-0.39, 0.29) is 12.0 Å². The van der Waals surface area contributed by atoms with Gasteiger partial charge in [-0.15, -0.1) is 5.10 Å². The second-order valence-electron chi connectivity index (χ2n) is 5.51. The molecule has 6 nitrogen and oxygen atoms in total. The molecule has 0 spiro atoms. The molecule has 1 aliphatic rings. The first-order valence-corrected chi connectivity index (χ1v) is 9.00. The quantitative estimate of drug-likeness (QED) is 0.679. The van der Waals surface area contributed by atoms with Crippen molar-refractivity contribution in [3.8, 4) is 0 Å². The Labute approximate surface area is 145 Å². The summed E-state index contributed by atoms with van der Waals surface area (Å²) in [5.41, 5.74) is 3.41. The minimum Gasteiger partial charge on any atom is -0.463 e. The molecule has 2 aromatic rings. The third kappa shape index (κ3) is 2.80. The van der Waals surface area contributed by atoms with Crippen LogP contribution in [0.2, 0.25) is 0 Å². The van der Waals surface area contributed by atoms with Gasteiger partial charge in [0.2, 0.25) is 11.1 Å². The lowest BCUT2D eigenvalue weighted by molar-refractivity contribution is -0.139. The van der Waals surface area contributed by atoms with E-state index in [1.807, 2.05) is 44.4 Å². The van der Waals surface area contributed by atoms with Crippen molar-refractivity contribution in [3.63, 3.8) is 0 Å². The van der Waals surface area contributed by atoms with Gasteiger partial charge in [-0.2, -0.15) is 4.98 Å². The first-order valence-electron chi connectivity index (χ1n) is 7.77. The van der Waals surface area contributed by atoms with E-state index in [9.17, 15) is 4.79 Å². The number of fused-ring (bicyclic) bond motifs is 1. The van der Waals surface area contributed by atoms with Gasteiger partial charge in [-0.3, -0.25) is 0 Å². The molecular formula is C17H20N4O2S. The van der Waals surface area contributed by atoms with Crippen molar-refractivity contribution in [2.24, 2.45) is 0 Å². The monoisotopic (exact) mass is 344 g/mol. The number of benzene rings is 1. The zero-order valence-electron chi connectivity index (χ0n) is 14.2. The third-order valence-corrected chi connectivity index (χ3v) is 4.53. The summed E-state index contributed by atoms with van der Waals surface area (Å²) in [5.74, 6) is 0.306. The van der Waals surface area contributed by atoms with E-state index in [1.54, 1.807) is 11.6 Å². The highest BCUT2D eigenvalue weighted by atomic mass is 32.2. The van der Waals surface area contributed by atoms with Crippen LogP contribution in [-0.4, -0.2) is 33.6 Å². The topological polar surface area (TPSA) is 69.0 Å². The number of carbonyl (C=O) groups excluding carboxylic acids is 1. The Morgan fingerprint density at radius 1 is 1.38 bits per heavy atom. The molecule has 24 heavy (non-hydrogen) atoms. The lowest BCUT2D eigenvalue weighted by Gasteiger charge is -2.28. The van der Waals surface area contributed by atoms with Crippen LogP contribution in [0.4, 0.5) is 5.95 Å². The highest BCUT2D eigenvalue weighted by Crippen LogP contribution is 2.37. The van der Waals surface area contributed by atoms with Crippen LogP contribution in [0.1, 0.15) is 31.0 Å². The molecule has 0 saturated heterocycles. The van der Waals surface area contributed by atoms with Gasteiger partial charge in [0.25, 0.3) is 0 Å². The Balaban J connectivity index is 2.20. The maximum atomic E-state index is 12.6. The third-order valence-electron chi connectivity index (χ3n) is 3.99. The number of anilines is 1. The van der Waals surface area contributed by atoms with Gasteiger partial charge in [-0.25, -0.2) is 9.48 Å². The van der Waals surface area contributed by atoms with Crippen molar-refractivity contribution in [2.75, 3.05) is 18.2 Å². The van der Waals surface area contributed by atoms with Crippen LogP contribution in [0.25, 0.3) is 0 Å². The molecule has 0 unspecified atom stereocenters. The summed E-state index contributed by atoms with van der Waals surface area (Å²) in [6.07, 6.45) is 1.93. The molecule has 0 aliphatic carbocycles. The molecule has 0 bridgehead atoms. The van der Waals surface area contributed by atoms with Crippen LogP contribution in [0.5, 0.6) is 0 Å². The van der Waals surface area contributed by atoms with Crippen LogP contribution in [0.15, 0.2) is 40.7 Å². The molecule has 1 aromatic heterocycles. The van der Waals surface area contributed by atoms with Gasteiger partial charge in [-0.1, -0.05) is 36.0 Å². The number of allylic oxidation sites excluding steroid dienone is 1. The zero-order valence-corrected chi connectivity index (χ0v) is 15.0. The number of nitrogens with zero attached hydrogens (tertiary/aromatic N) is 3. The highest BCUT2D eigenvalue weighted by Gasteiger charge is 2.35. The molecule has 126 valence electrons. The van der Waals surface area contributed by atoms with E-state index >= 15 is 0 Å². The summed E-state index contributed by atoms with van der Waals surface area (Å²) in [6, 6.07) is 7.64. The molecule has 2 heterocycles. The van der Waals surface area contributed by atoms with E-state index in [1.165, 1.54) is 11.8 Å². The summed E-state index contributed by atoms with van der Waals surface area (Å²) < 4.78 is 7.06. The van der Waals surface area contributed by atoms with Gasteiger partial charge in [-0.05, 0) is 38.2 Å². The summed E-state index contributed by atoms with van der Waals surface area (Å²) in [5, 5.41) is 8.40. The summed E-state index contributed by atoms with van der Waals surface area (Å²) in [4.78, 5) is 17.1. The standard InChI is InChI=1S/C17H20N4O2S/c1-5-23-15(22)13-11(3)18-16-19-17(24-4)20-21(16)14(13)12-9-7-6-8-10(12)2/h6-9,14H,5H2,1-4H3,(H,18,19,20)/t14-/m1/s1. The van der Waals surface area contributed by atoms with Gasteiger partial charge < -0.3 is 10.1 Å². The fourth-order valence-electron chi connectivity index (χ4n) is 2.87. The van der Waals surface area contributed by atoms with Crippen LogP contribution in [-0.2, 0) is 9.53 Å². The average Bonchev–Trinajstić information content (AvgIpc) is 2.97. The van der Waals surface area contributed by atoms with Crippen molar-refractivity contribution in [1.82, 2.24) is 14.8 Å². The second-order valence-corrected chi connectivity index (χ2v) is 6.28. The number of rotatable bonds is 4. The average molecular weight is 344 g/mol. The minimum absolute atomic E-state index is 0.330. The minimum atomic E-state index is -0.352. The molecule has 1 N–H and O–H groups in total. The molecule has 7 heteroatoms. The molecule has 3 rings (SSSR count). The SMILES string of the molecule is CCOC(=O)C1=C(C)Nc2nc(SC)nn2[C@@H]1c1ccccc1C. The molecule has 1 aromatic carbocycles. The lowest BCUT2D eigenvalue weighted by Crippen LogP contribution is -2.30. The molecule has 1 aliphatic heterocycles. The number of nitrogens with one attached hydrogen (secondary N) is 1. The largest absolute Gasteiger partial charge is 0.463 e. The summed E-state index contributed by atoms with van der Waals surface area (Å²) >= 11 is 1.47. The van der Waals surface area contributed by atoms with Crippen LogP contribution in [0, 0.1) is 6.92 Å². The number of hydrogen-bond donors (Lipinski definition) is 1. The van der Waals surface area contributed by atoms with Crippen LogP contribution >= 0.6 is 11.8 Å². The van der Waals surface area contributed by atoms with Crippen LogP contribution < -0.4 is 5.32 Å². The Morgan fingerprint density at radius 2 is 2.12 bits per heavy atom. The van der Waals surface area contributed by atoms with Crippen LogP contribution in [0.3, 0.4) is 0 Å². The van der Waals surface area contributed by atoms with Gasteiger partial charge >= 0.3 is 5.97 Å². The Bertz CT molecular complexity index is 813. The highest BCUT2D eigenvalue weighted by molar-refractivity contribution is 7.98. The predicted molar refractivity (Wildman–Crippen MR) is 94.1 cm³/mol. The molecule has 0 fully saturated rings. The number of carbonyl (C=O) groups is 1. The Morgan fingerprint density at radius 3 is 2.79 bits per heavy atom. The molecule has 1 atom stereocenters. The Kier molecular flexibility index (Phi) is 4.62. The Hall–Kier alpha value is -2.28. The molecule has 0 radical (unpaired) electrons. The maximum absolute atomic E-state index is 12.6. The van der Waals surface area contributed by atoms with E-state index in [4.69, 9.17) is 4.74 Å². The van der Waals surface area contributed by atoms with Gasteiger partial charge in [0.1, 0.15) is 6.04 Å². The second kappa shape index (κ2) is 6.68. The van der Waals surface area contributed by atoms with Crippen molar-refractivity contribution in [2.45, 2.75) is 32.0 Å². The predicted octanol–water partition coefficient (Wildman–Crippen LogP) is 3.16. The normalized spacial score (nSPS) is 16.6. The fraction of sp³-hybridized carbons (Fsp3) is 0.353. The number of aromatic nitrogens is 3. The number of ether oxygens (including phenoxy) is 1. The van der Waals surface area contributed by atoms with Gasteiger partial charge in [0.05, 0.1) is 12.2 Å². The summed E-state index contributed by atoms with van der Waals surface area (Å²) in [7, 11) is 0. The molecular weight excluding hydrogens is 324 g/mol. The first kappa shape index (κ1) is 16.6.